The third kappa shape index (κ3) is 3.16. The van der Waals surface area contributed by atoms with Gasteiger partial charge in [0, 0.05) is 18.5 Å². The second kappa shape index (κ2) is 6.63. The van der Waals surface area contributed by atoms with E-state index in [-0.39, 0.29) is 23.2 Å². The van der Waals surface area contributed by atoms with Crippen LogP contribution in [0.3, 0.4) is 0 Å². The molecule has 2 aliphatic heterocycles. The molecule has 0 aliphatic carbocycles. The Bertz CT molecular complexity index is 642. The highest BCUT2D eigenvalue weighted by molar-refractivity contribution is 7.92. The molecule has 2 fully saturated rings. The van der Waals surface area contributed by atoms with Crippen molar-refractivity contribution in [2.45, 2.75) is 74.1 Å². The standard InChI is InChI=1S/C18H25NO3S/c1-2-3-9-18(20)19-14-10-11-15(19)13-17(12-14)23(21,22)16-7-5-4-6-8-16/h4-8,14-15,17H,2-3,9-13H2,1H3. The smallest absolute Gasteiger partial charge is 0.223 e. The Morgan fingerprint density at radius 3 is 2.30 bits per heavy atom. The number of benzene rings is 1. The van der Waals surface area contributed by atoms with Crippen LogP contribution in [0.4, 0.5) is 0 Å². The summed E-state index contributed by atoms with van der Waals surface area (Å²) < 4.78 is 25.7. The van der Waals surface area contributed by atoms with Gasteiger partial charge in [-0.3, -0.25) is 4.79 Å². The fourth-order valence-electron chi connectivity index (χ4n) is 4.05. The van der Waals surface area contributed by atoms with Crippen LogP contribution in [0.2, 0.25) is 0 Å². The highest BCUT2D eigenvalue weighted by Crippen LogP contribution is 2.40. The topological polar surface area (TPSA) is 54.5 Å². The monoisotopic (exact) mass is 335 g/mol. The number of hydrogen-bond donors (Lipinski definition) is 0. The molecule has 1 amide bonds. The van der Waals surface area contributed by atoms with E-state index in [2.05, 4.69) is 6.92 Å². The Morgan fingerprint density at radius 2 is 1.74 bits per heavy atom. The molecular formula is C18H25NO3S. The van der Waals surface area contributed by atoms with Crippen LogP contribution in [0.5, 0.6) is 0 Å². The zero-order valence-corrected chi connectivity index (χ0v) is 14.5. The number of nitrogens with zero attached hydrogens (tertiary/aromatic N) is 1. The summed E-state index contributed by atoms with van der Waals surface area (Å²) in [7, 11) is -3.29. The van der Waals surface area contributed by atoms with Crippen molar-refractivity contribution in [3.8, 4) is 0 Å². The Kier molecular flexibility index (Phi) is 4.76. The highest BCUT2D eigenvalue weighted by atomic mass is 32.2. The number of unbranched alkanes of at least 4 members (excludes halogenated alkanes) is 1. The molecule has 2 unspecified atom stereocenters. The van der Waals surface area contributed by atoms with Gasteiger partial charge in [0.1, 0.15) is 0 Å². The van der Waals surface area contributed by atoms with E-state index in [4.69, 9.17) is 0 Å². The minimum absolute atomic E-state index is 0.113. The molecule has 2 atom stereocenters. The number of amides is 1. The molecule has 2 heterocycles. The van der Waals surface area contributed by atoms with E-state index in [0.717, 1.165) is 25.7 Å². The summed E-state index contributed by atoms with van der Waals surface area (Å²) in [6.07, 6.45) is 5.60. The lowest BCUT2D eigenvalue weighted by atomic mass is 10.0. The van der Waals surface area contributed by atoms with Crippen molar-refractivity contribution >= 4 is 15.7 Å². The van der Waals surface area contributed by atoms with Crippen molar-refractivity contribution in [1.82, 2.24) is 4.90 Å². The number of hydrogen-bond acceptors (Lipinski definition) is 3. The molecule has 126 valence electrons. The molecule has 2 aliphatic rings. The van der Waals surface area contributed by atoms with Gasteiger partial charge in [-0.25, -0.2) is 8.42 Å². The second-order valence-corrected chi connectivity index (χ2v) is 8.97. The normalized spacial score (nSPS) is 27.2. The summed E-state index contributed by atoms with van der Waals surface area (Å²) in [4.78, 5) is 14.8. The molecule has 4 nitrogen and oxygen atoms in total. The fourth-order valence-corrected chi connectivity index (χ4v) is 5.92. The first-order valence-electron chi connectivity index (χ1n) is 8.64. The molecule has 0 radical (unpaired) electrons. The third-order valence-corrected chi connectivity index (χ3v) is 7.42. The zero-order chi connectivity index (χ0) is 16.4. The van der Waals surface area contributed by atoms with E-state index in [1.54, 1.807) is 24.3 Å². The van der Waals surface area contributed by atoms with Gasteiger partial charge in [0.2, 0.25) is 5.91 Å². The van der Waals surface area contributed by atoms with Crippen LogP contribution in [0.1, 0.15) is 51.9 Å². The molecule has 2 bridgehead atoms. The summed E-state index contributed by atoms with van der Waals surface area (Å²) in [6.45, 7) is 2.08. The minimum Gasteiger partial charge on any atom is -0.337 e. The van der Waals surface area contributed by atoms with Crippen LogP contribution < -0.4 is 0 Å². The van der Waals surface area contributed by atoms with Crippen molar-refractivity contribution in [3.63, 3.8) is 0 Å². The van der Waals surface area contributed by atoms with Gasteiger partial charge < -0.3 is 4.90 Å². The molecule has 0 spiro atoms. The lowest BCUT2D eigenvalue weighted by Gasteiger charge is -2.38. The molecule has 3 rings (SSSR count). The van der Waals surface area contributed by atoms with E-state index in [1.165, 1.54) is 0 Å². The van der Waals surface area contributed by atoms with Gasteiger partial charge in [0.15, 0.2) is 9.84 Å². The SMILES string of the molecule is CCCCC(=O)N1C2CCC1CC(S(=O)(=O)c1ccccc1)C2. The van der Waals surface area contributed by atoms with Crippen molar-refractivity contribution in [1.29, 1.82) is 0 Å². The van der Waals surface area contributed by atoms with E-state index in [1.807, 2.05) is 11.0 Å². The van der Waals surface area contributed by atoms with E-state index in [0.29, 0.717) is 24.2 Å². The lowest BCUT2D eigenvalue weighted by Crippen LogP contribution is -2.49. The van der Waals surface area contributed by atoms with Gasteiger partial charge in [0.25, 0.3) is 0 Å². The van der Waals surface area contributed by atoms with E-state index < -0.39 is 9.84 Å². The van der Waals surface area contributed by atoms with Crippen molar-refractivity contribution in [2.75, 3.05) is 0 Å². The number of sulfone groups is 1. The maximum atomic E-state index is 12.9. The van der Waals surface area contributed by atoms with Gasteiger partial charge >= 0.3 is 0 Å². The van der Waals surface area contributed by atoms with Crippen LogP contribution in [0, 0.1) is 0 Å². The summed E-state index contributed by atoms with van der Waals surface area (Å²) >= 11 is 0. The van der Waals surface area contributed by atoms with Gasteiger partial charge in [-0.05, 0) is 44.2 Å². The van der Waals surface area contributed by atoms with Crippen molar-refractivity contribution < 1.29 is 13.2 Å². The maximum Gasteiger partial charge on any atom is 0.223 e. The van der Waals surface area contributed by atoms with Crippen LogP contribution in [0.15, 0.2) is 35.2 Å². The quantitative estimate of drug-likeness (QED) is 0.830. The van der Waals surface area contributed by atoms with Gasteiger partial charge in [-0.15, -0.1) is 0 Å². The molecule has 23 heavy (non-hydrogen) atoms. The number of piperidine rings is 1. The van der Waals surface area contributed by atoms with Gasteiger partial charge in [0.05, 0.1) is 10.1 Å². The second-order valence-electron chi connectivity index (χ2n) is 6.74. The van der Waals surface area contributed by atoms with Crippen molar-refractivity contribution in [2.24, 2.45) is 0 Å². The predicted molar refractivity (Wildman–Crippen MR) is 89.8 cm³/mol. The molecule has 1 aromatic carbocycles. The Labute approximate surface area is 138 Å². The number of carbonyl (C=O) groups is 1. The molecule has 0 N–H and O–H groups in total. The number of rotatable bonds is 5. The van der Waals surface area contributed by atoms with E-state index in [9.17, 15) is 13.2 Å². The van der Waals surface area contributed by atoms with Gasteiger partial charge in [-0.2, -0.15) is 0 Å². The summed E-state index contributed by atoms with van der Waals surface area (Å²) in [5.41, 5.74) is 0. The molecule has 0 aromatic heterocycles. The third-order valence-electron chi connectivity index (χ3n) is 5.23. The largest absolute Gasteiger partial charge is 0.337 e. The lowest BCUT2D eigenvalue weighted by molar-refractivity contribution is -0.135. The van der Waals surface area contributed by atoms with Crippen LogP contribution in [-0.2, 0) is 14.6 Å². The first-order valence-corrected chi connectivity index (χ1v) is 10.2. The molecule has 5 heteroatoms. The number of carbonyl (C=O) groups excluding carboxylic acids is 1. The maximum absolute atomic E-state index is 12.9. The highest BCUT2D eigenvalue weighted by Gasteiger charge is 2.46. The first kappa shape index (κ1) is 16.5. The average Bonchev–Trinajstić information content (AvgIpc) is 2.83. The Hall–Kier alpha value is -1.36. The molecule has 1 aromatic rings. The zero-order valence-electron chi connectivity index (χ0n) is 13.6. The predicted octanol–water partition coefficient (Wildman–Crippen LogP) is 3.17. The minimum atomic E-state index is -3.29. The summed E-state index contributed by atoms with van der Waals surface area (Å²) in [5, 5.41) is -0.349. The summed E-state index contributed by atoms with van der Waals surface area (Å²) in [5.74, 6) is 0.218. The fraction of sp³-hybridized carbons (Fsp3) is 0.611. The van der Waals surface area contributed by atoms with E-state index >= 15 is 0 Å². The summed E-state index contributed by atoms with van der Waals surface area (Å²) in [6, 6.07) is 8.95. The number of fused-ring (bicyclic) bond motifs is 2. The van der Waals surface area contributed by atoms with Crippen LogP contribution in [-0.4, -0.2) is 36.6 Å². The average molecular weight is 335 g/mol. The molecule has 0 saturated carbocycles. The molecular weight excluding hydrogens is 310 g/mol. The van der Waals surface area contributed by atoms with Crippen LogP contribution in [0.25, 0.3) is 0 Å². The van der Waals surface area contributed by atoms with Crippen LogP contribution >= 0.6 is 0 Å². The first-order chi connectivity index (χ1) is 11.0. The Balaban J connectivity index is 1.75. The van der Waals surface area contributed by atoms with Gasteiger partial charge in [-0.1, -0.05) is 31.5 Å². The molecule has 2 saturated heterocycles. The van der Waals surface area contributed by atoms with Crippen molar-refractivity contribution in [3.05, 3.63) is 30.3 Å². The Morgan fingerprint density at radius 1 is 1.13 bits per heavy atom.